The van der Waals surface area contributed by atoms with E-state index < -0.39 is 0 Å². The molecule has 28 heavy (non-hydrogen) atoms. The van der Waals surface area contributed by atoms with Gasteiger partial charge in [-0.15, -0.1) is 0 Å². The van der Waals surface area contributed by atoms with Gasteiger partial charge in [0.15, 0.2) is 0 Å². The summed E-state index contributed by atoms with van der Waals surface area (Å²) in [6.07, 6.45) is 10.4. The lowest BCUT2D eigenvalue weighted by atomic mass is 9.77. The van der Waals surface area contributed by atoms with Crippen molar-refractivity contribution >= 4 is 12.0 Å². The van der Waals surface area contributed by atoms with Gasteiger partial charge in [0.05, 0.1) is 7.11 Å². The van der Waals surface area contributed by atoms with Crippen molar-refractivity contribution in [3.8, 4) is 5.75 Å². The summed E-state index contributed by atoms with van der Waals surface area (Å²) in [6.45, 7) is 2.25. The minimum absolute atomic E-state index is 0.0409. The van der Waals surface area contributed by atoms with Crippen LogP contribution in [0.4, 0.5) is 0 Å². The highest BCUT2D eigenvalue weighted by Gasteiger charge is 2.42. The molecule has 1 N–H and O–H groups in total. The van der Waals surface area contributed by atoms with Gasteiger partial charge in [0.2, 0.25) is 5.91 Å². The van der Waals surface area contributed by atoms with Crippen molar-refractivity contribution in [3.05, 3.63) is 66.0 Å². The lowest BCUT2D eigenvalue weighted by molar-refractivity contribution is -0.119. The maximum Gasteiger partial charge on any atom is 0.244 e. The third-order valence-corrected chi connectivity index (χ3v) is 6.00. The van der Waals surface area contributed by atoms with E-state index in [4.69, 9.17) is 4.74 Å². The molecule has 2 atom stereocenters. The summed E-state index contributed by atoms with van der Waals surface area (Å²) >= 11 is 0. The standard InChI is InChI=1S/C23H27N3O2/c1-28-21-7-3-2-6-18(21)8-9-22(27)25-23-19-10-13-26(14-11-19)20(23)15-17-5-4-12-24-16-17/h2-9,12,16,19-20,23H,10-11,13-15H2,1H3,(H,25,27). The number of hydrogen-bond donors (Lipinski definition) is 1. The predicted molar refractivity (Wildman–Crippen MR) is 110 cm³/mol. The quantitative estimate of drug-likeness (QED) is 0.787. The average Bonchev–Trinajstić information content (AvgIpc) is 2.75. The molecule has 1 aromatic heterocycles. The zero-order valence-corrected chi connectivity index (χ0v) is 16.3. The number of aromatic nitrogens is 1. The molecule has 2 aromatic rings. The Labute approximate surface area is 166 Å². The molecule has 0 radical (unpaired) electrons. The van der Waals surface area contributed by atoms with Gasteiger partial charge in [0, 0.05) is 36.1 Å². The fraction of sp³-hybridized carbons (Fsp3) is 0.391. The summed E-state index contributed by atoms with van der Waals surface area (Å²) in [5.74, 6) is 1.28. The van der Waals surface area contributed by atoms with E-state index in [1.165, 1.54) is 5.56 Å². The number of rotatable bonds is 6. The first-order valence-corrected chi connectivity index (χ1v) is 9.99. The second-order valence-corrected chi connectivity index (χ2v) is 7.62. The number of hydrogen-bond acceptors (Lipinski definition) is 4. The monoisotopic (exact) mass is 377 g/mol. The number of carbonyl (C=O) groups is 1. The van der Waals surface area contributed by atoms with Crippen LogP contribution >= 0.6 is 0 Å². The predicted octanol–water partition coefficient (Wildman–Crippen LogP) is 2.93. The topological polar surface area (TPSA) is 54.5 Å². The SMILES string of the molecule is COc1ccccc1C=CC(=O)NC1C2CCN(CC2)C1Cc1cccnc1. The van der Waals surface area contributed by atoms with Crippen molar-refractivity contribution in [2.24, 2.45) is 5.92 Å². The number of pyridine rings is 1. The first kappa shape index (κ1) is 18.7. The molecule has 3 aliphatic rings. The number of piperidine rings is 3. The molecule has 5 rings (SSSR count). The van der Waals surface area contributed by atoms with Gasteiger partial charge in [-0.25, -0.2) is 0 Å². The molecular weight excluding hydrogens is 350 g/mol. The van der Waals surface area contributed by atoms with Crippen molar-refractivity contribution in [1.82, 2.24) is 15.2 Å². The molecule has 5 nitrogen and oxygen atoms in total. The number of methoxy groups -OCH3 is 1. The van der Waals surface area contributed by atoms with E-state index in [-0.39, 0.29) is 11.9 Å². The lowest BCUT2D eigenvalue weighted by Crippen LogP contribution is -2.64. The number of nitrogens with one attached hydrogen (secondary N) is 1. The average molecular weight is 377 g/mol. The largest absolute Gasteiger partial charge is 0.496 e. The van der Waals surface area contributed by atoms with Crippen LogP contribution in [0.3, 0.4) is 0 Å². The van der Waals surface area contributed by atoms with Crippen LogP contribution in [0.1, 0.15) is 24.0 Å². The highest BCUT2D eigenvalue weighted by Crippen LogP contribution is 2.34. The Balaban J connectivity index is 1.46. The summed E-state index contributed by atoms with van der Waals surface area (Å²) in [4.78, 5) is 19.5. The Morgan fingerprint density at radius 1 is 1.25 bits per heavy atom. The minimum Gasteiger partial charge on any atom is -0.496 e. The van der Waals surface area contributed by atoms with Gasteiger partial charge in [0.1, 0.15) is 5.75 Å². The second kappa shape index (κ2) is 8.57. The fourth-order valence-electron chi connectivity index (χ4n) is 4.56. The van der Waals surface area contributed by atoms with E-state index in [0.29, 0.717) is 12.0 Å². The summed E-state index contributed by atoms with van der Waals surface area (Å²) in [7, 11) is 1.64. The van der Waals surface area contributed by atoms with Gasteiger partial charge in [-0.1, -0.05) is 24.3 Å². The lowest BCUT2D eigenvalue weighted by Gasteiger charge is -2.51. The van der Waals surface area contributed by atoms with Crippen LogP contribution in [0, 0.1) is 5.92 Å². The Morgan fingerprint density at radius 2 is 2.07 bits per heavy atom. The molecule has 2 unspecified atom stereocenters. The first-order valence-electron chi connectivity index (χ1n) is 9.99. The Hall–Kier alpha value is -2.66. The van der Waals surface area contributed by atoms with Gasteiger partial charge in [-0.2, -0.15) is 0 Å². The molecule has 0 aliphatic carbocycles. The zero-order valence-electron chi connectivity index (χ0n) is 16.3. The summed E-state index contributed by atoms with van der Waals surface area (Å²) in [6, 6.07) is 12.3. The van der Waals surface area contributed by atoms with E-state index in [1.807, 2.05) is 42.6 Å². The maximum atomic E-state index is 12.7. The first-order chi connectivity index (χ1) is 13.7. The molecule has 3 aliphatic heterocycles. The Kier molecular flexibility index (Phi) is 5.72. The molecule has 0 saturated carbocycles. The second-order valence-electron chi connectivity index (χ2n) is 7.62. The molecule has 146 valence electrons. The third-order valence-electron chi connectivity index (χ3n) is 6.00. The Bertz CT molecular complexity index is 829. The summed E-state index contributed by atoms with van der Waals surface area (Å²) in [5.41, 5.74) is 2.13. The van der Waals surface area contributed by atoms with Crippen molar-refractivity contribution in [2.45, 2.75) is 31.3 Å². The van der Waals surface area contributed by atoms with Gasteiger partial charge in [0.25, 0.3) is 0 Å². The normalized spacial score (nSPS) is 26.3. The van der Waals surface area contributed by atoms with Gasteiger partial charge in [-0.3, -0.25) is 14.7 Å². The van der Waals surface area contributed by atoms with Gasteiger partial charge in [-0.05, 0) is 62.0 Å². The smallest absolute Gasteiger partial charge is 0.244 e. The Morgan fingerprint density at radius 3 is 2.82 bits per heavy atom. The molecule has 2 bridgehead atoms. The fourth-order valence-corrected chi connectivity index (χ4v) is 4.56. The van der Waals surface area contributed by atoms with E-state index in [1.54, 1.807) is 19.4 Å². The number of nitrogens with zero attached hydrogens (tertiary/aromatic N) is 2. The van der Waals surface area contributed by atoms with Gasteiger partial charge < -0.3 is 10.1 Å². The molecular formula is C23H27N3O2. The minimum atomic E-state index is -0.0409. The van der Waals surface area contributed by atoms with Crippen molar-refractivity contribution < 1.29 is 9.53 Å². The van der Waals surface area contributed by atoms with Crippen LogP contribution in [0.5, 0.6) is 5.75 Å². The van der Waals surface area contributed by atoms with Crippen LogP contribution in [-0.4, -0.2) is 48.1 Å². The number of ether oxygens (including phenoxy) is 1. The summed E-state index contributed by atoms with van der Waals surface area (Å²) < 4.78 is 5.36. The van der Waals surface area contributed by atoms with Crippen LogP contribution in [0.15, 0.2) is 54.9 Å². The molecule has 1 amide bonds. The zero-order chi connectivity index (χ0) is 19.3. The van der Waals surface area contributed by atoms with E-state index in [0.717, 1.165) is 43.7 Å². The summed E-state index contributed by atoms with van der Waals surface area (Å²) in [5, 5.41) is 3.30. The van der Waals surface area contributed by atoms with Gasteiger partial charge >= 0.3 is 0 Å². The highest BCUT2D eigenvalue weighted by atomic mass is 16.5. The highest BCUT2D eigenvalue weighted by molar-refractivity contribution is 5.92. The van der Waals surface area contributed by atoms with Crippen LogP contribution in [0.2, 0.25) is 0 Å². The number of fused-ring (bicyclic) bond motifs is 3. The van der Waals surface area contributed by atoms with Crippen LogP contribution in [0.25, 0.3) is 6.08 Å². The number of carbonyl (C=O) groups excluding carboxylic acids is 1. The maximum absolute atomic E-state index is 12.7. The number of para-hydroxylation sites is 1. The molecule has 1 aromatic carbocycles. The molecule has 3 saturated heterocycles. The van der Waals surface area contributed by atoms with Crippen molar-refractivity contribution in [3.63, 3.8) is 0 Å². The van der Waals surface area contributed by atoms with Crippen LogP contribution in [-0.2, 0) is 11.2 Å². The molecule has 0 spiro atoms. The van der Waals surface area contributed by atoms with Crippen LogP contribution < -0.4 is 10.1 Å². The van der Waals surface area contributed by atoms with E-state index >= 15 is 0 Å². The molecule has 3 fully saturated rings. The van der Waals surface area contributed by atoms with E-state index in [9.17, 15) is 4.79 Å². The number of amides is 1. The molecule has 4 heterocycles. The number of benzene rings is 1. The van der Waals surface area contributed by atoms with Crippen molar-refractivity contribution in [2.75, 3.05) is 20.2 Å². The third kappa shape index (κ3) is 4.09. The molecule has 5 heteroatoms. The van der Waals surface area contributed by atoms with Crippen molar-refractivity contribution in [1.29, 1.82) is 0 Å². The van der Waals surface area contributed by atoms with E-state index in [2.05, 4.69) is 21.3 Å².